The molecule has 0 bridgehead atoms. The minimum Gasteiger partial charge on any atom is -0.305 e. The van der Waals surface area contributed by atoms with Crippen molar-refractivity contribution in [1.29, 1.82) is 0 Å². The summed E-state index contributed by atoms with van der Waals surface area (Å²) in [4.78, 5) is 4.18. The van der Waals surface area contributed by atoms with Crippen molar-refractivity contribution in [3.8, 4) is 0 Å². The predicted octanol–water partition coefficient (Wildman–Crippen LogP) is 3.13. The summed E-state index contributed by atoms with van der Waals surface area (Å²) in [5.74, 6) is -0.195. The van der Waals surface area contributed by atoms with E-state index in [0.717, 1.165) is 11.3 Å². The summed E-state index contributed by atoms with van der Waals surface area (Å²) < 4.78 is 13.0. The van der Waals surface area contributed by atoms with Crippen molar-refractivity contribution in [2.75, 3.05) is 0 Å². The average molecular weight is 236 g/mol. The Morgan fingerprint density at radius 3 is 3.06 bits per heavy atom. The van der Waals surface area contributed by atoms with Crippen LogP contribution in [-0.4, -0.2) is 4.98 Å². The third-order valence-corrected chi connectivity index (χ3v) is 3.06. The van der Waals surface area contributed by atoms with Gasteiger partial charge in [-0.05, 0) is 24.6 Å². The standard InChI is InChI=1S/C12H13FN2S/c1-9(10-3-2-4-11(13)5-10)14-6-12-7-16-8-15-12/h2-5,7-9,14H,6H2,1H3/t9-/m1/s1. The van der Waals surface area contributed by atoms with E-state index in [1.165, 1.54) is 6.07 Å². The Kier molecular flexibility index (Phi) is 3.64. The van der Waals surface area contributed by atoms with E-state index >= 15 is 0 Å². The van der Waals surface area contributed by atoms with E-state index in [4.69, 9.17) is 0 Å². The molecule has 0 saturated carbocycles. The lowest BCUT2D eigenvalue weighted by atomic mass is 10.1. The van der Waals surface area contributed by atoms with Crippen LogP contribution in [0, 0.1) is 5.82 Å². The monoisotopic (exact) mass is 236 g/mol. The molecule has 1 N–H and O–H groups in total. The number of aromatic nitrogens is 1. The zero-order chi connectivity index (χ0) is 11.4. The van der Waals surface area contributed by atoms with Crippen LogP contribution in [0.5, 0.6) is 0 Å². The quantitative estimate of drug-likeness (QED) is 0.882. The molecular weight excluding hydrogens is 223 g/mol. The fourth-order valence-corrected chi connectivity index (χ4v) is 2.03. The number of halogens is 1. The fourth-order valence-electron chi connectivity index (χ4n) is 1.48. The van der Waals surface area contributed by atoms with Crippen LogP contribution >= 0.6 is 11.3 Å². The van der Waals surface area contributed by atoms with Crippen molar-refractivity contribution >= 4 is 11.3 Å². The Labute approximate surface area is 98.2 Å². The lowest BCUT2D eigenvalue weighted by Crippen LogP contribution is -2.18. The van der Waals surface area contributed by atoms with E-state index in [1.54, 1.807) is 23.5 Å². The molecule has 0 unspecified atom stereocenters. The van der Waals surface area contributed by atoms with Gasteiger partial charge in [-0.1, -0.05) is 12.1 Å². The van der Waals surface area contributed by atoms with Crippen LogP contribution in [0.15, 0.2) is 35.2 Å². The van der Waals surface area contributed by atoms with Crippen LogP contribution in [0.3, 0.4) is 0 Å². The number of nitrogens with one attached hydrogen (secondary N) is 1. The van der Waals surface area contributed by atoms with Gasteiger partial charge in [0.05, 0.1) is 11.2 Å². The van der Waals surface area contributed by atoms with E-state index in [0.29, 0.717) is 6.54 Å². The van der Waals surface area contributed by atoms with Crippen molar-refractivity contribution in [3.05, 3.63) is 52.2 Å². The first-order chi connectivity index (χ1) is 7.75. The van der Waals surface area contributed by atoms with Gasteiger partial charge in [0.15, 0.2) is 0 Å². The Morgan fingerprint density at radius 2 is 2.38 bits per heavy atom. The number of hydrogen-bond donors (Lipinski definition) is 1. The van der Waals surface area contributed by atoms with E-state index in [-0.39, 0.29) is 11.9 Å². The summed E-state index contributed by atoms with van der Waals surface area (Å²) in [6.07, 6.45) is 0. The lowest BCUT2D eigenvalue weighted by molar-refractivity contribution is 0.560. The molecule has 1 aromatic heterocycles. The molecule has 0 aliphatic heterocycles. The summed E-state index contributed by atoms with van der Waals surface area (Å²) in [5.41, 5.74) is 3.78. The molecule has 0 radical (unpaired) electrons. The van der Waals surface area contributed by atoms with E-state index in [2.05, 4.69) is 10.3 Å². The molecule has 2 rings (SSSR count). The number of benzene rings is 1. The maximum atomic E-state index is 13.0. The second-order valence-electron chi connectivity index (χ2n) is 3.64. The van der Waals surface area contributed by atoms with Crippen LogP contribution in [0.25, 0.3) is 0 Å². The minimum absolute atomic E-state index is 0.123. The van der Waals surface area contributed by atoms with Gasteiger partial charge >= 0.3 is 0 Å². The smallest absolute Gasteiger partial charge is 0.123 e. The van der Waals surface area contributed by atoms with Gasteiger partial charge in [-0.3, -0.25) is 0 Å². The van der Waals surface area contributed by atoms with Gasteiger partial charge in [-0.25, -0.2) is 9.37 Å². The number of thiazole rings is 1. The molecule has 0 aliphatic rings. The Balaban J connectivity index is 1.95. The Hall–Kier alpha value is -1.26. The molecule has 1 heterocycles. The molecule has 2 aromatic rings. The van der Waals surface area contributed by atoms with E-state index in [1.807, 2.05) is 23.9 Å². The van der Waals surface area contributed by atoms with E-state index in [9.17, 15) is 4.39 Å². The van der Waals surface area contributed by atoms with Gasteiger partial charge in [0.1, 0.15) is 5.82 Å². The minimum atomic E-state index is -0.195. The third-order valence-electron chi connectivity index (χ3n) is 2.42. The second kappa shape index (κ2) is 5.18. The highest BCUT2D eigenvalue weighted by atomic mass is 32.1. The highest BCUT2D eigenvalue weighted by Crippen LogP contribution is 2.14. The van der Waals surface area contributed by atoms with Gasteiger partial charge in [-0.15, -0.1) is 11.3 Å². The molecule has 0 amide bonds. The predicted molar refractivity (Wildman–Crippen MR) is 63.8 cm³/mol. The molecule has 0 spiro atoms. The molecule has 4 heteroatoms. The van der Waals surface area contributed by atoms with Crippen LogP contribution in [0.4, 0.5) is 4.39 Å². The van der Waals surface area contributed by atoms with Crippen molar-refractivity contribution < 1.29 is 4.39 Å². The first-order valence-corrected chi connectivity index (χ1v) is 6.06. The van der Waals surface area contributed by atoms with Crippen LogP contribution in [0.2, 0.25) is 0 Å². The second-order valence-corrected chi connectivity index (χ2v) is 4.36. The van der Waals surface area contributed by atoms with Gasteiger partial charge in [0.25, 0.3) is 0 Å². The Bertz CT molecular complexity index is 442. The maximum Gasteiger partial charge on any atom is 0.123 e. The molecule has 0 aliphatic carbocycles. The number of nitrogens with zero attached hydrogens (tertiary/aromatic N) is 1. The summed E-state index contributed by atoms with van der Waals surface area (Å²) >= 11 is 1.58. The third kappa shape index (κ3) is 2.87. The van der Waals surface area contributed by atoms with Crippen molar-refractivity contribution in [2.24, 2.45) is 0 Å². The fraction of sp³-hybridized carbons (Fsp3) is 0.250. The SMILES string of the molecule is C[C@@H](NCc1cscn1)c1cccc(F)c1. The molecule has 0 fully saturated rings. The summed E-state index contributed by atoms with van der Waals surface area (Å²) in [6.45, 7) is 2.72. The summed E-state index contributed by atoms with van der Waals surface area (Å²) in [6, 6.07) is 6.78. The highest BCUT2D eigenvalue weighted by molar-refractivity contribution is 7.07. The van der Waals surface area contributed by atoms with E-state index < -0.39 is 0 Å². The van der Waals surface area contributed by atoms with Crippen LogP contribution < -0.4 is 5.32 Å². The number of rotatable bonds is 4. The lowest BCUT2D eigenvalue weighted by Gasteiger charge is -2.13. The zero-order valence-electron chi connectivity index (χ0n) is 8.98. The molecular formula is C12H13FN2S. The normalized spacial score (nSPS) is 12.6. The first kappa shape index (κ1) is 11.2. The van der Waals surface area contributed by atoms with Gasteiger partial charge in [0.2, 0.25) is 0 Å². The highest BCUT2D eigenvalue weighted by Gasteiger charge is 2.05. The van der Waals surface area contributed by atoms with Crippen LogP contribution in [-0.2, 0) is 6.54 Å². The van der Waals surface area contributed by atoms with Gasteiger partial charge in [0, 0.05) is 18.0 Å². The molecule has 16 heavy (non-hydrogen) atoms. The molecule has 0 saturated heterocycles. The zero-order valence-corrected chi connectivity index (χ0v) is 9.80. The van der Waals surface area contributed by atoms with Gasteiger partial charge < -0.3 is 5.32 Å². The summed E-state index contributed by atoms with van der Waals surface area (Å²) in [5, 5.41) is 5.31. The van der Waals surface area contributed by atoms with Gasteiger partial charge in [-0.2, -0.15) is 0 Å². The van der Waals surface area contributed by atoms with Crippen LogP contribution in [0.1, 0.15) is 24.2 Å². The number of hydrogen-bond acceptors (Lipinski definition) is 3. The average Bonchev–Trinajstić information content (AvgIpc) is 2.78. The van der Waals surface area contributed by atoms with Crippen molar-refractivity contribution in [2.45, 2.75) is 19.5 Å². The largest absolute Gasteiger partial charge is 0.305 e. The first-order valence-electron chi connectivity index (χ1n) is 5.11. The molecule has 84 valence electrons. The Morgan fingerprint density at radius 1 is 1.50 bits per heavy atom. The maximum absolute atomic E-state index is 13.0. The molecule has 1 atom stereocenters. The van der Waals surface area contributed by atoms with Crippen molar-refractivity contribution in [1.82, 2.24) is 10.3 Å². The topological polar surface area (TPSA) is 24.9 Å². The van der Waals surface area contributed by atoms with Crippen molar-refractivity contribution in [3.63, 3.8) is 0 Å². The summed E-state index contributed by atoms with van der Waals surface area (Å²) in [7, 11) is 0. The molecule has 1 aromatic carbocycles. The molecule has 2 nitrogen and oxygen atoms in total.